The third-order valence-electron chi connectivity index (χ3n) is 11.4. The Balaban J connectivity index is 1.07. The van der Waals surface area contributed by atoms with Crippen LogP contribution in [0.15, 0.2) is 182 Å². The topological polar surface area (TPSA) is 0 Å². The first kappa shape index (κ1) is 30.2. The molecule has 0 nitrogen and oxygen atoms in total. The molecule has 0 atom stereocenters. The first-order valence-electron chi connectivity index (χ1n) is 18.5. The summed E-state index contributed by atoms with van der Waals surface area (Å²) in [7, 11) is 0. The van der Waals surface area contributed by atoms with E-state index in [0.29, 0.717) is 0 Å². The van der Waals surface area contributed by atoms with E-state index in [1.165, 1.54) is 117 Å². The summed E-state index contributed by atoms with van der Waals surface area (Å²) in [5.41, 5.74) is 7.58. The predicted octanol–water partition coefficient (Wildman–Crippen LogP) is 16.0. The van der Waals surface area contributed by atoms with Gasteiger partial charge in [0.05, 0.1) is 0 Å². The van der Waals surface area contributed by atoms with E-state index >= 15 is 0 Å². The smallest absolute Gasteiger partial charge is 0.0434 e. The lowest BCUT2D eigenvalue weighted by Gasteiger charge is -2.18. The average molecular weight is 719 g/mol. The van der Waals surface area contributed by atoms with E-state index < -0.39 is 0 Å². The maximum absolute atomic E-state index is 2.47. The van der Waals surface area contributed by atoms with Gasteiger partial charge in [-0.1, -0.05) is 140 Å². The number of benzene rings is 10. The summed E-state index contributed by atoms with van der Waals surface area (Å²) >= 11 is 3.81. The van der Waals surface area contributed by atoms with E-state index in [4.69, 9.17) is 0 Å². The van der Waals surface area contributed by atoms with Crippen LogP contribution < -0.4 is 0 Å². The normalized spacial score (nSPS) is 12.1. The van der Waals surface area contributed by atoms with Crippen molar-refractivity contribution in [2.75, 3.05) is 0 Å². The number of hydrogen-bond acceptors (Lipinski definition) is 2. The van der Waals surface area contributed by atoms with Gasteiger partial charge in [0.2, 0.25) is 0 Å². The highest BCUT2D eigenvalue weighted by atomic mass is 32.1. The molecule has 2 heterocycles. The van der Waals surface area contributed by atoms with Gasteiger partial charge in [-0.15, -0.1) is 22.7 Å². The van der Waals surface area contributed by atoms with Crippen LogP contribution in [0.1, 0.15) is 0 Å². The van der Waals surface area contributed by atoms with Crippen LogP contribution in [-0.2, 0) is 0 Å². The van der Waals surface area contributed by atoms with Crippen molar-refractivity contribution in [1.29, 1.82) is 0 Å². The molecular formula is C52H30S2. The molecule has 0 saturated heterocycles. The largest absolute Gasteiger partial charge is 0.135 e. The molecule has 0 saturated carbocycles. The Labute approximate surface area is 319 Å². The monoisotopic (exact) mass is 718 g/mol. The second-order valence-electron chi connectivity index (χ2n) is 14.4. The molecule has 0 bridgehead atoms. The van der Waals surface area contributed by atoms with Gasteiger partial charge in [0, 0.05) is 45.7 Å². The van der Waals surface area contributed by atoms with Crippen LogP contribution in [0.2, 0.25) is 0 Å². The second-order valence-corrected chi connectivity index (χ2v) is 16.5. The minimum absolute atomic E-state index is 1.24. The fraction of sp³-hybridized carbons (Fsp3) is 0. The Kier molecular flexibility index (Phi) is 6.48. The fourth-order valence-electron chi connectivity index (χ4n) is 8.89. The molecule has 0 fully saturated rings. The molecule has 0 aliphatic heterocycles. The molecule has 0 N–H and O–H groups in total. The molecule has 0 amide bonds. The van der Waals surface area contributed by atoms with E-state index in [0.717, 1.165) is 0 Å². The van der Waals surface area contributed by atoms with E-state index in [1.54, 1.807) is 0 Å². The maximum atomic E-state index is 2.47. The maximum Gasteiger partial charge on any atom is 0.0434 e. The summed E-state index contributed by atoms with van der Waals surface area (Å²) in [5.74, 6) is 0. The first-order chi connectivity index (χ1) is 26.7. The zero-order valence-electron chi connectivity index (χ0n) is 29.1. The highest BCUT2D eigenvalue weighted by Crippen LogP contribution is 2.47. The third kappa shape index (κ3) is 4.48. The van der Waals surface area contributed by atoms with Gasteiger partial charge in [-0.05, 0) is 114 Å². The molecule has 12 rings (SSSR count). The van der Waals surface area contributed by atoms with Gasteiger partial charge in [0.15, 0.2) is 0 Å². The van der Waals surface area contributed by atoms with Crippen LogP contribution in [0.3, 0.4) is 0 Å². The van der Waals surface area contributed by atoms with Gasteiger partial charge < -0.3 is 0 Å². The lowest BCUT2D eigenvalue weighted by molar-refractivity contribution is 1.64. The molecule has 2 heteroatoms. The van der Waals surface area contributed by atoms with Crippen LogP contribution in [0.4, 0.5) is 0 Å². The molecule has 0 unspecified atom stereocenters. The predicted molar refractivity (Wildman–Crippen MR) is 239 cm³/mol. The molecule has 0 radical (unpaired) electrons. The first-order valence-corrected chi connectivity index (χ1v) is 20.1. The summed E-state index contributed by atoms with van der Waals surface area (Å²) in [4.78, 5) is 0. The van der Waals surface area contributed by atoms with Gasteiger partial charge in [-0.2, -0.15) is 0 Å². The molecule has 0 aliphatic carbocycles. The molecule has 2 aromatic heterocycles. The number of rotatable bonds is 3. The third-order valence-corrected chi connectivity index (χ3v) is 13.8. The van der Waals surface area contributed by atoms with Crippen molar-refractivity contribution >= 4 is 106 Å². The molecule has 250 valence electrons. The summed E-state index contributed by atoms with van der Waals surface area (Å²) in [5, 5.41) is 15.6. The Morgan fingerprint density at radius 1 is 0.241 bits per heavy atom. The van der Waals surface area contributed by atoms with Crippen molar-refractivity contribution < 1.29 is 0 Å². The zero-order valence-corrected chi connectivity index (χ0v) is 30.8. The molecule has 10 aromatic carbocycles. The van der Waals surface area contributed by atoms with Crippen molar-refractivity contribution in [1.82, 2.24) is 0 Å². The summed E-state index contributed by atoms with van der Waals surface area (Å²) in [6.07, 6.45) is 0. The fourth-order valence-corrected chi connectivity index (χ4v) is 11.2. The van der Waals surface area contributed by atoms with Gasteiger partial charge in [0.25, 0.3) is 0 Å². The quantitative estimate of drug-likeness (QED) is 0.160. The van der Waals surface area contributed by atoms with Crippen molar-refractivity contribution in [3.05, 3.63) is 182 Å². The van der Waals surface area contributed by atoms with Crippen molar-refractivity contribution in [2.24, 2.45) is 0 Å². The number of hydrogen-bond donors (Lipinski definition) is 0. The Bertz CT molecular complexity index is 3430. The highest BCUT2D eigenvalue weighted by Gasteiger charge is 2.19. The minimum Gasteiger partial charge on any atom is -0.135 e. The second kappa shape index (κ2) is 11.6. The Morgan fingerprint density at radius 2 is 0.778 bits per heavy atom. The van der Waals surface area contributed by atoms with E-state index in [1.807, 2.05) is 22.7 Å². The van der Waals surface area contributed by atoms with Crippen LogP contribution in [-0.4, -0.2) is 0 Å². The minimum atomic E-state index is 1.24. The zero-order chi connectivity index (χ0) is 35.3. The van der Waals surface area contributed by atoms with Crippen molar-refractivity contribution in [3.63, 3.8) is 0 Å². The van der Waals surface area contributed by atoms with Gasteiger partial charge in [0.1, 0.15) is 0 Å². The lowest BCUT2D eigenvalue weighted by atomic mass is 9.85. The summed E-state index contributed by atoms with van der Waals surface area (Å²) in [6.45, 7) is 0. The van der Waals surface area contributed by atoms with Crippen LogP contribution in [0.25, 0.3) is 117 Å². The van der Waals surface area contributed by atoms with Crippen molar-refractivity contribution in [2.45, 2.75) is 0 Å². The van der Waals surface area contributed by atoms with Crippen LogP contribution in [0.5, 0.6) is 0 Å². The average Bonchev–Trinajstić information content (AvgIpc) is 3.79. The standard InChI is InChI=1S/C52H30S2/c1-2-10-31(11-3-1)32-18-19-34-27-36(21-20-33(34)26-32)50-39-13-4-6-15-41(39)51(42-16-7-5-14-40(42)50)37-23-25-48-45(28-37)46-30-44-35(29-49(46)53-48)22-24-43-38-12-8-9-17-47(38)54-52(43)44/h1-30H. The van der Waals surface area contributed by atoms with Gasteiger partial charge in [-0.3, -0.25) is 0 Å². The highest BCUT2D eigenvalue weighted by molar-refractivity contribution is 7.27. The van der Waals surface area contributed by atoms with Crippen LogP contribution >= 0.6 is 22.7 Å². The Morgan fingerprint density at radius 3 is 1.50 bits per heavy atom. The Hall–Kier alpha value is -6.32. The number of thiophene rings is 2. The molecule has 0 aliphatic rings. The van der Waals surface area contributed by atoms with E-state index in [2.05, 4.69) is 182 Å². The van der Waals surface area contributed by atoms with Gasteiger partial charge >= 0.3 is 0 Å². The van der Waals surface area contributed by atoms with Crippen molar-refractivity contribution in [3.8, 4) is 33.4 Å². The summed E-state index contributed by atoms with van der Waals surface area (Å²) < 4.78 is 5.39. The van der Waals surface area contributed by atoms with Gasteiger partial charge in [-0.25, -0.2) is 0 Å². The summed E-state index contributed by atoms with van der Waals surface area (Å²) in [6, 6.07) is 67.9. The lowest BCUT2D eigenvalue weighted by Crippen LogP contribution is -1.91. The molecule has 12 aromatic rings. The number of fused-ring (bicyclic) bond motifs is 11. The molecule has 0 spiro atoms. The molecular weight excluding hydrogens is 689 g/mol. The SMILES string of the molecule is c1ccc(-c2ccc3cc(-c4c5ccccc5c(-c5ccc6sc7cc8ccc9c%10ccccc%10sc9c8cc7c6c5)c5ccccc45)ccc3c2)cc1. The molecule has 54 heavy (non-hydrogen) atoms. The van der Waals surface area contributed by atoms with E-state index in [-0.39, 0.29) is 0 Å². The van der Waals surface area contributed by atoms with E-state index in [9.17, 15) is 0 Å². The van der Waals surface area contributed by atoms with Crippen LogP contribution in [0, 0.1) is 0 Å².